The van der Waals surface area contributed by atoms with Crippen molar-refractivity contribution in [2.75, 3.05) is 51.3 Å². The number of aryl methyl sites for hydroxylation is 2. The van der Waals surface area contributed by atoms with E-state index < -0.39 is 0 Å². The Morgan fingerprint density at radius 2 is 1.67 bits per heavy atom. The fourth-order valence-corrected chi connectivity index (χ4v) is 7.01. The average molecular weight is 531 g/mol. The number of nitrogens with one attached hydrogen (secondary N) is 1. The standard InChI is InChI=1S/C32H46N6O/c1-3-30-35-31-24(2)12-15-33-32(31)38(30)23-26-6-10-28(11-7-26)34-27-8-4-25(5-9-27)22-36-16-13-29(14-17-36)37-18-20-39-21-19-37/h6-7,10-12,15,25,27,29,34H,3-5,8-9,13-14,16-23H2,1-2H3. The molecule has 0 bridgehead atoms. The van der Waals surface area contributed by atoms with Crippen LogP contribution in [0.1, 0.15) is 62.4 Å². The maximum Gasteiger partial charge on any atom is 0.160 e. The number of likely N-dealkylation sites (tertiary alicyclic amines) is 1. The van der Waals surface area contributed by atoms with Gasteiger partial charge in [-0.1, -0.05) is 19.1 Å². The van der Waals surface area contributed by atoms with Crippen molar-refractivity contribution in [1.82, 2.24) is 24.3 Å². The molecule has 1 aromatic carbocycles. The van der Waals surface area contributed by atoms with Gasteiger partial charge in [-0.25, -0.2) is 9.97 Å². The van der Waals surface area contributed by atoms with E-state index in [1.165, 1.54) is 75.0 Å². The predicted molar refractivity (Wildman–Crippen MR) is 158 cm³/mol. The fourth-order valence-electron chi connectivity index (χ4n) is 7.01. The van der Waals surface area contributed by atoms with E-state index in [9.17, 15) is 0 Å². The van der Waals surface area contributed by atoms with E-state index in [0.717, 1.165) is 68.2 Å². The second-order valence-corrected chi connectivity index (χ2v) is 12.0. The van der Waals surface area contributed by atoms with Crippen LogP contribution in [0, 0.1) is 12.8 Å². The molecule has 6 rings (SSSR count). The molecule has 3 aromatic rings. The molecule has 1 saturated carbocycles. The van der Waals surface area contributed by atoms with Gasteiger partial charge in [0, 0.05) is 50.0 Å². The average Bonchev–Trinajstić information content (AvgIpc) is 3.34. The highest BCUT2D eigenvalue weighted by molar-refractivity contribution is 5.75. The monoisotopic (exact) mass is 530 g/mol. The first-order valence-electron chi connectivity index (χ1n) is 15.4. The van der Waals surface area contributed by atoms with Crippen LogP contribution in [-0.4, -0.2) is 82.4 Å². The number of anilines is 1. The number of hydrogen-bond donors (Lipinski definition) is 1. The van der Waals surface area contributed by atoms with E-state index in [1.54, 1.807) is 0 Å². The van der Waals surface area contributed by atoms with Crippen LogP contribution in [-0.2, 0) is 17.7 Å². The van der Waals surface area contributed by atoms with Crippen molar-refractivity contribution in [3.8, 4) is 0 Å². The number of fused-ring (bicyclic) bond motifs is 1. The van der Waals surface area contributed by atoms with E-state index in [1.807, 2.05) is 12.3 Å². The summed E-state index contributed by atoms with van der Waals surface area (Å²) in [7, 11) is 0. The van der Waals surface area contributed by atoms with E-state index in [0.29, 0.717) is 6.04 Å². The Bertz CT molecular complexity index is 1200. The molecule has 2 aliphatic heterocycles. The summed E-state index contributed by atoms with van der Waals surface area (Å²) in [6.45, 7) is 13.0. The van der Waals surface area contributed by atoms with Crippen molar-refractivity contribution in [2.45, 2.75) is 77.4 Å². The van der Waals surface area contributed by atoms with Crippen LogP contribution in [0.5, 0.6) is 0 Å². The SMILES string of the molecule is CCc1nc2c(C)ccnc2n1Cc1ccc(NC2CCC(CN3CCC(N4CCOCC4)CC3)CC2)cc1. The molecule has 0 unspecified atom stereocenters. The molecular weight excluding hydrogens is 484 g/mol. The van der Waals surface area contributed by atoms with Gasteiger partial charge in [-0.3, -0.25) is 4.90 Å². The van der Waals surface area contributed by atoms with Gasteiger partial charge in [0.25, 0.3) is 0 Å². The van der Waals surface area contributed by atoms with Gasteiger partial charge in [0.05, 0.1) is 19.8 Å². The Morgan fingerprint density at radius 1 is 0.923 bits per heavy atom. The topological polar surface area (TPSA) is 58.5 Å². The highest BCUT2D eigenvalue weighted by Gasteiger charge is 2.28. The molecule has 39 heavy (non-hydrogen) atoms. The Hall–Kier alpha value is -2.48. The van der Waals surface area contributed by atoms with Crippen LogP contribution < -0.4 is 5.32 Å². The molecule has 1 aliphatic carbocycles. The first kappa shape index (κ1) is 26.7. The Balaban J connectivity index is 0.959. The summed E-state index contributed by atoms with van der Waals surface area (Å²) in [4.78, 5) is 14.9. The second-order valence-electron chi connectivity index (χ2n) is 12.0. The summed E-state index contributed by atoms with van der Waals surface area (Å²) in [5.41, 5.74) is 5.75. The summed E-state index contributed by atoms with van der Waals surface area (Å²) < 4.78 is 7.82. The summed E-state index contributed by atoms with van der Waals surface area (Å²) in [5.74, 6) is 1.97. The molecule has 1 N–H and O–H groups in total. The zero-order valence-electron chi connectivity index (χ0n) is 23.9. The van der Waals surface area contributed by atoms with Crippen LogP contribution in [0.15, 0.2) is 36.5 Å². The van der Waals surface area contributed by atoms with Gasteiger partial charge in [-0.15, -0.1) is 0 Å². The van der Waals surface area contributed by atoms with E-state index in [2.05, 4.69) is 62.8 Å². The molecule has 3 aliphatic rings. The van der Waals surface area contributed by atoms with Gasteiger partial charge >= 0.3 is 0 Å². The van der Waals surface area contributed by atoms with Crippen LogP contribution >= 0.6 is 0 Å². The lowest BCUT2D eigenvalue weighted by atomic mass is 9.85. The number of nitrogens with zero attached hydrogens (tertiary/aromatic N) is 5. The number of rotatable bonds is 8. The van der Waals surface area contributed by atoms with Crippen molar-refractivity contribution in [1.29, 1.82) is 0 Å². The minimum atomic E-state index is 0.593. The number of morpholine rings is 1. The third-order valence-electron chi connectivity index (χ3n) is 9.38. The largest absolute Gasteiger partial charge is 0.382 e. The van der Waals surface area contributed by atoms with Gasteiger partial charge in [0.2, 0.25) is 0 Å². The van der Waals surface area contributed by atoms with Crippen LogP contribution in [0.3, 0.4) is 0 Å². The van der Waals surface area contributed by atoms with E-state index >= 15 is 0 Å². The molecule has 0 amide bonds. The van der Waals surface area contributed by atoms with Gasteiger partial charge in [0.15, 0.2) is 5.65 Å². The van der Waals surface area contributed by atoms with Crippen molar-refractivity contribution in [2.24, 2.45) is 5.92 Å². The fraction of sp³-hybridized carbons (Fsp3) is 0.625. The third kappa shape index (κ3) is 6.31. The Kier molecular flexibility index (Phi) is 8.47. The van der Waals surface area contributed by atoms with Crippen LogP contribution in [0.4, 0.5) is 5.69 Å². The first-order valence-corrected chi connectivity index (χ1v) is 15.4. The smallest absolute Gasteiger partial charge is 0.160 e. The Labute approximate surface area is 233 Å². The van der Waals surface area contributed by atoms with Crippen molar-refractivity contribution in [3.63, 3.8) is 0 Å². The molecule has 0 spiro atoms. The minimum absolute atomic E-state index is 0.593. The normalized spacial score (nSPS) is 23.8. The predicted octanol–water partition coefficient (Wildman–Crippen LogP) is 5.12. The first-order chi connectivity index (χ1) is 19.2. The molecule has 7 nitrogen and oxygen atoms in total. The van der Waals surface area contributed by atoms with E-state index in [4.69, 9.17) is 9.72 Å². The Morgan fingerprint density at radius 3 is 2.38 bits per heavy atom. The number of benzene rings is 1. The molecule has 2 aromatic heterocycles. The summed E-state index contributed by atoms with van der Waals surface area (Å²) in [6, 6.07) is 12.4. The minimum Gasteiger partial charge on any atom is -0.382 e. The maximum absolute atomic E-state index is 5.54. The number of imidazole rings is 1. The molecule has 4 heterocycles. The lowest BCUT2D eigenvalue weighted by molar-refractivity contribution is -0.000801. The molecular formula is C32H46N6O. The number of ether oxygens (including phenoxy) is 1. The van der Waals surface area contributed by atoms with E-state index in [-0.39, 0.29) is 0 Å². The molecule has 3 fully saturated rings. The molecule has 2 saturated heterocycles. The lowest BCUT2D eigenvalue weighted by Gasteiger charge is -2.41. The highest BCUT2D eigenvalue weighted by Crippen LogP contribution is 2.29. The van der Waals surface area contributed by atoms with Crippen molar-refractivity contribution in [3.05, 3.63) is 53.5 Å². The zero-order chi connectivity index (χ0) is 26.6. The van der Waals surface area contributed by atoms with Crippen molar-refractivity contribution >= 4 is 16.9 Å². The van der Waals surface area contributed by atoms with Crippen LogP contribution in [0.2, 0.25) is 0 Å². The molecule has 210 valence electrons. The number of piperidine rings is 1. The van der Waals surface area contributed by atoms with Crippen molar-refractivity contribution < 1.29 is 4.74 Å². The zero-order valence-corrected chi connectivity index (χ0v) is 23.9. The second kappa shape index (κ2) is 12.4. The van der Waals surface area contributed by atoms with Crippen LogP contribution in [0.25, 0.3) is 11.2 Å². The van der Waals surface area contributed by atoms with Gasteiger partial charge < -0.3 is 19.5 Å². The maximum atomic E-state index is 5.54. The quantitative estimate of drug-likeness (QED) is 0.436. The van der Waals surface area contributed by atoms with Gasteiger partial charge in [0.1, 0.15) is 11.3 Å². The third-order valence-corrected chi connectivity index (χ3v) is 9.38. The molecule has 7 heteroatoms. The summed E-state index contributed by atoms with van der Waals surface area (Å²) in [5, 5.41) is 3.83. The number of aromatic nitrogens is 3. The number of hydrogen-bond acceptors (Lipinski definition) is 6. The highest BCUT2D eigenvalue weighted by atomic mass is 16.5. The van der Waals surface area contributed by atoms with Gasteiger partial charge in [-0.2, -0.15) is 0 Å². The van der Waals surface area contributed by atoms with Gasteiger partial charge in [-0.05, 0) is 93.8 Å². The molecule has 0 radical (unpaired) electrons. The lowest BCUT2D eigenvalue weighted by Crippen LogP contribution is -2.49. The summed E-state index contributed by atoms with van der Waals surface area (Å²) >= 11 is 0. The molecule has 0 atom stereocenters. The summed E-state index contributed by atoms with van der Waals surface area (Å²) in [6.07, 6.45) is 10.7. The number of pyridine rings is 1.